The molecule has 0 aliphatic heterocycles. The molecule has 0 aliphatic rings. The number of aromatic nitrogens is 1. The Morgan fingerprint density at radius 3 is 2.38 bits per heavy atom. The van der Waals surface area contributed by atoms with Crippen LogP contribution < -0.4 is 10.6 Å². The Morgan fingerprint density at radius 2 is 1.72 bits per heavy atom. The maximum absolute atomic E-state index is 13.0. The molecule has 0 aliphatic carbocycles. The molecular formula is C22H20F3N5O2. The third-order valence-corrected chi connectivity index (χ3v) is 4.44. The van der Waals surface area contributed by atoms with Crippen LogP contribution in [0.1, 0.15) is 22.4 Å². The lowest BCUT2D eigenvalue weighted by Gasteiger charge is -2.13. The third kappa shape index (κ3) is 6.79. The molecule has 0 amide bonds. The fourth-order valence-electron chi connectivity index (χ4n) is 2.79. The van der Waals surface area contributed by atoms with Crippen molar-refractivity contribution in [2.45, 2.75) is 25.8 Å². The van der Waals surface area contributed by atoms with Crippen LogP contribution >= 0.6 is 0 Å². The lowest BCUT2D eigenvalue weighted by Crippen LogP contribution is -2.36. The van der Waals surface area contributed by atoms with Gasteiger partial charge in [0.05, 0.1) is 29.3 Å². The van der Waals surface area contributed by atoms with Crippen molar-refractivity contribution >= 4 is 11.6 Å². The number of alkyl halides is 3. The molecule has 0 unspecified atom stereocenters. The minimum Gasteiger partial charge on any atom is -0.352 e. The van der Waals surface area contributed by atoms with Gasteiger partial charge < -0.3 is 10.6 Å². The molecule has 0 atom stereocenters. The molecule has 1 heterocycles. The Morgan fingerprint density at radius 1 is 0.969 bits per heavy atom. The first-order chi connectivity index (χ1) is 15.3. The highest BCUT2D eigenvalue weighted by Gasteiger charge is 2.30. The molecule has 0 bridgehead atoms. The molecule has 32 heavy (non-hydrogen) atoms. The standard InChI is InChI=1S/C22H20F3N5O2/c23-22(24,25)18-5-3-4-17(12-18)14-28-21(29-15-19-6-1-2-11-26-19)27-13-16-7-9-20(10-8-16)30(31)32/h1-12H,13-15H2,(H2,27,28,29). The quantitative estimate of drug-likeness (QED) is 0.244. The zero-order valence-electron chi connectivity index (χ0n) is 16.8. The van der Waals surface area contributed by atoms with Gasteiger partial charge in [-0.05, 0) is 35.4 Å². The maximum Gasteiger partial charge on any atom is 0.416 e. The molecule has 3 aromatic rings. The van der Waals surface area contributed by atoms with E-state index in [0.29, 0.717) is 24.6 Å². The van der Waals surface area contributed by atoms with E-state index >= 15 is 0 Å². The normalized spacial score (nSPS) is 11.8. The van der Waals surface area contributed by atoms with Crippen molar-refractivity contribution in [3.05, 3.63) is 105 Å². The predicted octanol–water partition coefficient (Wildman–Crippen LogP) is 4.44. The van der Waals surface area contributed by atoms with Gasteiger partial charge in [-0.15, -0.1) is 0 Å². The predicted molar refractivity (Wildman–Crippen MR) is 114 cm³/mol. The number of hydrogen-bond donors (Lipinski definition) is 2. The highest BCUT2D eigenvalue weighted by Crippen LogP contribution is 2.29. The van der Waals surface area contributed by atoms with Gasteiger partial charge in [0, 0.05) is 24.9 Å². The molecule has 0 saturated heterocycles. The second kappa shape index (κ2) is 10.4. The summed E-state index contributed by atoms with van der Waals surface area (Å²) in [6.07, 6.45) is -2.77. The number of halogens is 3. The van der Waals surface area contributed by atoms with Crippen LogP contribution in [-0.4, -0.2) is 15.9 Å². The zero-order chi connectivity index (χ0) is 23.0. The molecule has 10 heteroatoms. The molecule has 0 saturated carbocycles. The van der Waals surface area contributed by atoms with Crippen molar-refractivity contribution < 1.29 is 18.1 Å². The molecule has 3 rings (SSSR count). The number of nitro benzene ring substituents is 1. The number of guanidine groups is 1. The number of nitrogens with one attached hydrogen (secondary N) is 2. The van der Waals surface area contributed by atoms with Crippen LogP contribution in [0.15, 0.2) is 77.9 Å². The van der Waals surface area contributed by atoms with Crippen LogP contribution in [0.3, 0.4) is 0 Å². The highest BCUT2D eigenvalue weighted by atomic mass is 19.4. The molecule has 2 aromatic carbocycles. The van der Waals surface area contributed by atoms with Gasteiger partial charge in [-0.3, -0.25) is 15.1 Å². The largest absolute Gasteiger partial charge is 0.416 e. The van der Waals surface area contributed by atoms with E-state index in [0.717, 1.165) is 23.4 Å². The van der Waals surface area contributed by atoms with E-state index in [1.165, 1.54) is 18.2 Å². The topological polar surface area (TPSA) is 92.5 Å². The summed E-state index contributed by atoms with van der Waals surface area (Å²) < 4.78 is 38.9. The lowest BCUT2D eigenvalue weighted by molar-refractivity contribution is -0.384. The van der Waals surface area contributed by atoms with Crippen LogP contribution in [0.5, 0.6) is 0 Å². The van der Waals surface area contributed by atoms with E-state index < -0.39 is 16.7 Å². The molecule has 0 radical (unpaired) electrons. The molecular weight excluding hydrogens is 423 g/mol. The van der Waals surface area contributed by atoms with Crippen molar-refractivity contribution in [1.29, 1.82) is 0 Å². The van der Waals surface area contributed by atoms with Gasteiger partial charge in [-0.2, -0.15) is 13.2 Å². The SMILES string of the molecule is O=[N+]([O-])c1ccc(CNC(=NCc2cccc(C(F)(F)F)c2)NCc2ccccn2)cc1. The number of rotatable bonds is 7. The number of nitro groups is 1. The van der Waals surface area contributed by atoms with Gasteiger partial charge >= 0.3 is 6.18 Å². The van der Waals surface area contributed by atoms with Crippen molar-refractivity contribution in [1.82, 2.24) is 15.6 Å². The van der Waals surface area contributed by atoms with Gasteiger partial charge in [-0.1, -0.05) is 30.3 Å². The molecule has 7 nitrogen and oxygen atoms in total. The lowest BCUT2D eigenvalue weighted by atomic mass is 10.1. The highest BCUT2D eigenvalue weighted by molar-refractivity contribution is 5.79. The van der Waals surface area contributed by atoms with Crippen molar-refractivity contribution in [3.8, 4) is 0 Å². The summed E-state index contributed by atoms with van der Waals surface area (Å²) in [5, 5.41) is 17.0. The third-order valence-electron chi connectivity index (χ3n) is 4.44. The molecule has 166 valence electrons. The van der Waals surface area contributed by atoms with Gasteiger partial charge in [0.1, 0.15) is 0 Å². The first-order valence-electron chi connectivity index (χ1n) is 9.63. The van der Waals surface area contributed by atoms with Crippen molar-refractivity contribution in [3.63, 3.8) is 0 Å². The van der Waals surface area contributed by atoms with Gasteiger partial charge in [0.25, 0.3) is 5.69 Å². The first kappa shape index (κ1) is 22.7. The minimum atomic E-state index is -4.42. The van der Waals surface area contributed by atoms with Crippen LogP contribution in [0.2, 0.25) is 0 Å². The summed E-state index contributed by atoms with van der Waals surface area (Å²) in [5.74, 6) is 0.367. The maximum atomic E-state index is 13.0. The average molecular weight is 443 g/mol. The second-order valence-corrected chi connectivity index (χ2v) is 6.81. The van der Waals surface area contributed by atoms with Crippen LogP contribution in [-0.2, 0) is 25.8 Å². The summed E-state index contributed by atoms with van der Waals surface area (Å²) >= 11 is 0. The average Bonchev–Trinajstić information content (AvgIpc) is 2.79. The number of aliphatic imine (C=N–C) groups is 1. The number of non-ortho nitro benzene ring substituents is 1. The summed E-state index contributed by atoms with van der Waals surface area (Å²) in [6, 6.07) is 16.5. The summed E-state index contributed by atoms with van der Waals surface area (Å²) in [6.45, 7) is 0.700. The van der Waals surface area contributed by atoms with Crippen LogP contribution in [0, 0.1) is 10.1 Å². The Bertz CT molecular complexity index is 1070. The van der Waals surface area contributed by atoms with E-state index in [4.69, 9.17) is 0 Å². The number of nitrogens with zero attached hydrogens (tertiary/aromatic N) is 3. The van der Waals surface area contributed by atoms with E-state index in [-0.39, 0.29) is 12.2 Å². The molecule has 2 N–H and O–H groups in total. The van der Waals surface area contributed by atoms with Crippen LogP contribution in [0.4, 0.5) is 18.9 Å². The Labute approximate surface area is 182 Å². The molecule has 0 spiro atoms. The van der Waals surface area contributed by atoms with E-state index in [2.05, 4.69) is 20.6 Å². The van der Waals surface area contributed by atoms with Gasteiger partial charge in [-0.25, -0.2) is 4.99 Å². The smallest absolute Gasteiger partial charge is 0.352 e. The summed E-state index contributed by atoms with van der Waals surface area (Å²) in [5.41, 5.74) is 1.21. The zero-order valence-corrected chi connectivity index (χ0v) is 16.8. The second-order valence-electron chi connectivity index (χ2n) is 6.81. The van der Waals surface area contributed by atoms with Crippen LogP contribution in [0.25, 0.3) is 0 Å². The van der Waals surface area contributed by atoms with Crippen molar-refractivity contribution in [2.75, 3.05) is 0 Å². The van der Waals surface area contributed by atoms with Gasteiger partial charge in [0.2, 0.25) is 0 Å². The summed E-state index contributed by atoms with van der Waals surface area (Å²) in [7, 11) is 0. The van der Waals surface area contributed by atoms with Gasteiger partial charge in [0.15, 0.2) is 5.96 Å². The summed E-state index contributed by atoms with van der Waals surface area (Å²) in [4.78, 5) is 18.9. The Balaban J connectivity index is 1.71. The van der Waals surface area contributed by atoms with E-state index in [9.17, 15) is 23.3 Å². The fourth-order valence-corrected chi connectivity index (χ4v) is 2.79. The number of benzene rings is 2. The van der Waals surface area contributed by atoms with E-state index in [1.807, 2.05) is 12.1 Å². The minimum absolute atomic E-state index is 0.0135. The number of pyridine rings is 1. The molecule has 1 aromatic heterocycles. The Hall–Kier alpha value is -3.95. The first-order valence-corrected chi connectivity index (χ1v) is 9.63. The monoisotopic (exact) mass is 443 g/mol. The molecule has 0 fully saturated rings. The Kier molecular flexibility index (Phi) is 7.37. The number of hydrogen-bond acceptors (Lipinski definition) is 4. The fraction of sp³-hybridized carbons (Fsp3) is 0.182. The van der Waals surface area contributed by atoms with E-state index in [1.54, 1.807) is 30.5 Å². The van der Waals surface area contributed by atoms with Crippen molar-refractivity contribution in [2.24, 2.45) is 4.99 Å².